The van der Waals surface area contributed by atoms with Gasteiger partial charge < -0.3 is 9.47 Å². The molecule has 1 fully saturated rings. The van der Waals surface area contributed by atoms with Crippen LogP contribution in [-0.2, 0) is 13.0 Å². The number of carbonyl (C=O) groups excluding carboxylic acids is 1. The topological polar surface area (TPSA) is 28.5 Å². The lowest BCUT2D eigenvalue weighted by Crippen LogP contribution is -2.47. The summed E-state index contributed by atoms with van der Waals surface area (Å²) >= 11 is 0. The second kappa shape index (κ2) is 7.80. The van der Waals surface area contributed by atoms with Gasteiger partial charge in [0.15, 0.2) is 5.78 Å². The maximum absolute atomic E-state index is 13.9. The Morgan fingerprint density at radius 3 is 2.56 bits per heavy atom. The molecule has 0 spiro atoms. The predicted molar refractivity (Wildman–Crippen MR) is 101 cm³/mol. The molecule has 6 heteroatoms. The van der Waals surface area contributed by atoms with Crippen molar-refractivity contribution in [1.29, 1.82) is 0 Å². The number of piperazine rings is 1. The van der Waals surface area contributed by atoms with Crippen LogP contribution in [0.1, 0.15) is 35.3 Å². The molecule has 1 aliphatic heterocycles. The summed E-state index contributed by atoms with van der Waals surface area (Å²) in [7, 11) is 0. The van der Waals surface area contributed by atoms with Crippen LogP contribution in [0.2, 0.25) is 0 Å². The van der Waals surface area contributed by atoms with Crippen LogP contribution in [0.25, 0.3) is 0 Å². The lowest BCUT2D eigenvalue weighted by atomic mass is 9.97. The number of aryl methyl sites for hydroxylation is 1. The van der Waals surface area contributed by atoms with Crippen molar-refractivity contribution in [2.75, 3.05) is 37.6 Å². The maximum atomic E-state index is 13.9. The van der Waals surface area contributed by atoms with Gasteiger partial charge in [0, 0.05) is 62.7 Å². The van der Waals surface area contributed by atoms with E-state index in [1.165, 1.54) is 17.8 Å². The first kappa shape index (κ1) is 18.2. The number of Topliss-reactive ketones (excluding diaryl/α,β-unsaturated/α-hetero) is 1. The summed E-state index contributed by atoms with van der Waals surface area (Å²) in [5, 5.41) is 0. The summed E-state index contributed by atoms with van der Waals surface area (Å²) in [6, 6.07) is 5.75. The van der Waals surface area contributed by atoms with E-state index in [1.807, 2.05) is 17.2 Å². The fourth-order valence-electron chi connectivity index (χ4n) is 4.21. The molecule has 144 valence electrons. The van der Waals surface area contributed by atoms with Crippen LogP contribution in [0.4, 0.5) is 14.5 Å². The monoisotopic (exact) mass is 373 g/mol. The molecule has 0 atom stereocenters. The standard InChI is InChI=1S/C21H25F2N3O/c22-16-5-6-20(18(23)15-16)26-13-11-24(12-14-26)8-2-9-25-10-7-17-19(25)3-1-4-21(17)27/h5-7,10,15H,1-4,8-9,11-14H2. The number of nitrogens with zero attached hydrogens (tertiary/aromatic N) is 3. The van der Waals surface area contributed by atoms with Crippen molar-refractivity contribution >= 4 is 11.5 Å². The van der Waals surface area contributed by atoms with E-state index in [1.54, 1.807) is 0 Å². The maximum Gasteiger partial charge on any atom is 0.164 e. The number of fused-ring (bicyclic) bond motifs is 1. The van der Waals surface area contributed by atoms with Crippen LogP contribution in [0.5, 0.6) is 0 Å². The average Bonchev–Trinajstić information content (AvgIpc) is 3.07. The SMILES string of the molecule is O=C1CCCc2c1ccn2CCCN1CCN(c2ccc(F)cc2F)CC1. The fraction of sp³-hybridized carbons (Fsp3) is 0.476. The number of aromatic nitrogens is 1. The molecule has 0 radical (unpaired) electrons. The van der Waals surface area contributed by atoms with Crippen LogP contribution in [0, 0.1) is 11.6 Å². The minimum absolute atomic E-state index is 0.277. The summed E-state index contributed by atoms with van der Waals surface area (Å²) in [4.78, 5) is 16.3. The summed E-state index contributed by atoms with van der Waals surface area (Å²) in [6.07, 6.45) is 5.70. The Morgan fingerprint density at radius 2 is 1.78 bits per heavy atom. The number of rotatable bonds is 5. The first-order chi connectivity index (χ1) is 13.1. The van der Waals surface area contributed by atoms with Crippen molar-refractivity contribution in [2.24, 2.45) is 0 Å². The van der Waals surface area contributed by atoms with Gasteiger partial charge in [-0.1, -0.05) is 0 Å². The van der Waals surface area contributed by atoms with Crippen LogP contribution < -0.4 is 4.90 Å². The van der Waals surface area contributed by atoms with Gasteiger partial charge in [0.2, 0.25) is 0 Å². The van der Waals surface area contributed by atoms with Crippen molar-refractivity contribution < 1.29 is 13.6 Å². The van der Waals surface area contributed by atoms with E-state index in [0.717, 1.165) is 70.2 Å². The van der Waals surface area contributed by atoms with E-state index < -0.39 is 11.6 Å². The van der Waals surface area contributed by atoms with Crippen LogP contribution in [0.15, 0.2) is 30.5 Å². The molecule has 1 aliphatic carbocycles. The van der Waals surface area contributed by atoms with Gasteiger partial charge in [-0.15, -0.1) is 0 Å². The van der Waals surface area contributed by atoms with Gasteiger partial charge in [0.25, 0.3) is 0 Å². The highest BCUT2D eigenvalue weighted by Crippen LogP contribution is 2.23. The summed E-state index contributed by atoms with van der Waals surface area (Å²) in [6.45, 7) is 5.15. The molecule has 1 saturated heterocycles. The van der Waals surface area contributed by atoms with Crippen molar-refractivity contribution in [1.82, 2.24) is 9.47 Å². The zero-order valence-electron chi connectivity index (χ0n) is 15.5. The molecule has 27 heavy (non-hydrogen) atoms. The molecule has 1 aromatic heterocycles. The Balaban J connectivity index is 1.26. The Morgan fingerprint density at radius 1 is 0.963 bits per heavy atom. The third kappa shape index (κ3) is 3.90. The zero-order valence-corrected chi connectivity index (χ0v) is 15.5. The zero-order chi connectivity index (χ0) is 18.8. The number of anilines is 1. The summed E-state index contributed by atoms with van der Waals surface area (Å²) in [5.74, 6) is -0.752. The Bertz CT molecular complexity index is 825. The Kier molecular flexibility index (Phi) is 5.25. The van der Waals surface area contributed by atoms with E-state index >= 15 is 0 Å². The van der Waals surface area contributed by atoms with Gasteiger partial charge in [-0.25, -0.2) is 8.78 Å². The molecule has 2 aromatic rings. The van der Waals surface area contributed by atoms with Gasteiger partial charge in [0.05, 0.1) is 5.69 Å². The molecule has 1 aromatic carbocycles. The number of carbonyl (C=O) groups is 1. The summed E-state index contributed by atoms with van der Waals surface area (Å²) < 4.78 is 29.2. The molecular formula is C21H25F2N3O. The third-order valence-corrected chi connectivity index (χ3v) is 5.69. The number of hydrogen-bond acceptors (Lipinski definition) is 3. The normalized spacial score (nSPS) is 18.0. The van der Waals surface area contributed by atoms with Crippen LogP contribution >= 0.6 is 0 Å². The first-order valence-electron chi connectivity index (χ1n) is 9.75. The number of hydrogen-bond donors (Lipinski definition) is 0. The van der Waals surface area contributed by atoms with E-state index in [0.29, 0.717) is 12.1 Å². The minimum Gasteiger partial charge on any atom is -0.367 e. The van der Waals surface area contributed by atoms with E-state index in [-0.39, 0.29) is 5.78 Å². The fourth-order valence-corrected chi connectivity index (χ4v) is 4.21. The lowest BCUT2D eigenvalue weighted by Gasteiger charge is -2.36. The highest BCUT2D eigenvalue weighted by atomic mass is 19.1. The average molecular weight is 373 g/mol. The molecule has 0 amide bonds. The van der Waals surface area contributed by atoms with E-state index in [9.17, 15) is 13.6 Å². The summed E-state index contributed by atoms with van der Waals surface area (Å²) in [5.41, 5.74) is 2.60. The van der Waals surface area contributed by atoms with Crippen molar-refractivity contribution in [2.45, 2.75) is 32.2 Å². The Labute approximate surface area is 158 Å². The number of benzene rings is 1. The molecule has 2 heterocycles. The van der Waals surface area contributed by atoms with Crippen LogP contribution in [0.3, 0.4) is 0 Å². The highest BCUT2D eigenvalue weighted by Gasteiger charge is 2.21. The van der Waals surface area contributed by atoms with E-state index in [2.05, 4.69) is 9.47 Å². The third-order valence-electron chi connectivity index (χ3n) is 5.69. The van der Waals surface area contributed by atoms with Gasteiger partial charge in [-0.2, -0.15) is 0 Å². The van der Waals surface area contributed by atoms with Crippen molar-refractivity contribution in [3.8, 4) is 0 Å². The van der Waals surface area contributed by atoms with Gasteiger partial charge in [-0.3, -0.25) is 9.69 Å². The minimum atomic E-state index is -0.538. The van der Waals surface area contributed by atoms with Gasteiger partial charge >= 0.3 is 0 Å². The largest absolute Gasteiger partial charge is 0.367 e. The predicted octanol–water partition coefficient (Wildman–Crippen LogP) is 3.50. The molecule has 0 N–H and O–H groups in total. The molecule has 0 saturated carbocycles. The highest BCUT2D eigenvalue weighted by molar-refractivity contribution is 5.98. The van der Waals surface area contributed by atoms with Crippen molar-refractivity contribution in [3.05, 3.63) is 53.4 Å². The quantitative estimate of drug-likeness (QED) is 0.803. The smallest absolute Gasteiger partial charge is 0.164 e. The van der Waals surface area contributed by atoms with Crippen LogP contribution in [-0.4, -0.2) is 48.0 Å². The molecule has 4 rings (SSSR count). The van der Waals surface area contributed by atoms with Gasteiger partial charge in [0.1, 0.15) is 11.6 Å². The molecular weight excluding hydrogens is 348 g/mol. The first-order valence-corrected chi connectivity index (χ1v) is 9.75. The molecule has 4 nitrogen and oxygen atoms in total. The van der Waals surface area contributed by atoms with E-state index in [4.69, 9.17) is 0 Å². The second-order valence-electron chi connectivity index (χ2n) is 7.42. The lowest BCUT2D eigenvalue weighted by molar-refractivity contribution is 0.0971. The Hall–Kier alpha value is -2.21. The van der Waals surface area contributed by atoms with Crippen molar-refractivity contribution in [3.63, 3.8) is 0 Å². The number of halogens is 2. The second-order valence-corrected chi connectivity index (χ2v) is 7.42. The molecule has 2 aliphatic rings. The molecule has 0 unspecified atom stereocenters. The number of ketones is 1. The van der Waals surface area contributed by atoms with Gasteiger partial charge in [-0.05, 0) is 44.0 Å². The molecule has 0 bridgehead atoms.